The maximum absolute atomic E-state index is 3.47. The first kappa shape index (κ1) is 9.44. The first-order chi connectivity index (χ1) is 6.34. The molecule has 1 fully saturated rings. The lowest BCUT2D eigenvalue weighted by Crippen LogP contribution is -2.22. The average molecular weight is 258 g/mol. The Morgan fingerprint density at radius 1 is 1.31 bits per heavy atom. The number of hydrogen-bond acceptors (Lipinski definition) is 2. The maximum atomic E-state index is 3.47. The summed E-state index contributed by atoms with van der Waals surface area (Å²) in [4.78, 5) is 1.36. The van der Waals surface area contributed by atoms with Gasteiger partial charge in [-0.15, -0.1) is 11.3 Å². The summed E-state index contributed by atoms with van der Waals surface area (Å²) in [6.07, 6.45) is 4.74. The molecule has 1 aromatic rings. The molecule has 2 heterocycles. The standard InChI is InChI=1S/C10H12BrNS/c11-10-2-1-9(13-10)7-8-3-5-12-6-4-8/h1-2,7,12H,3-6H2. The van der Waals surface area contributed by atoms with Crippen molar-refractivity contribution in [3.05, 3.63) is 26.4 Å². The smallest absolute Gasteiger partial charge is 0.0704 e. The minimum absolute atomic E-state index is 1.14. The molecule has 13 heavy (non-hydrogen) atoms. The molecule has 0 aliphatic carbocycles. The molecule has 0 saturated carbocycles. The van der Waals surface area contributed by atoms with Gasteiger partial charge in [-0.2, -0.15) is 0 Å². The first-order valence-electron chi connectivity index (χ1n) is 4.50. The lowest BCUT2D eigenvalue weighted by atomic mass is 10.1. The van der Waals surface area contributed by atoms with Gasteiger partial charge < -0.3 is 5.32 Å². The van der Waals surface area contributed by atoms with E-state index in [1.54, 1.807) is 16.9 Å². The van der Waals surface area contributed by atoms with Gasteiger partial charge >= 0.3 is 0 Å². The van der Waals surface area contributed by atoms with Gasteiger partial charge in [-0.25, -0.2) is 0 Å². The Hall–Kier alpha value is -0.120. The van der Waals surface area contributed by atoms with Crippen LogP contribution in [-0.2, 0) is 0 Å². The molecule has 1 nitrogen and oxygen atoms in total. The van der Waals surface area contributed by atoms with Gasteiger partial charge in [0.2, 0.25) is 0 Å². The van der Waals surface area contributed by atoms with Crippen molar-refractivity contribution < 1.29 is 0 Å². The summed E-state index contributed by atoms with van der Waals surface area (Å²) >= 11 is 5.28. The van der Waals surface area contributed by atoms with Crippen LogP contribution in [0, 0.1) is 0 Å². The summed E-state index contributed by atoms with van der Waals surface area (Å²) in [5.74, 6) is 0. The number of hydrogen-bond donors (Lipinski definition) is 1. The molecule has 2 rings (SSSR count). The Balaban J connectivity index is 2.09. The molecule has 0 bridgehead atoms. The number of rotatable bonds is 1. The van der Waals surface area contributed by atoms with Gasteiger partial charge in [0.05, 0.1) is 3.79 Å². The Morgan fingerprint density at radius 3 is 2.69 bits per heavy atom. The van der Waals surface area contributed by atoms with Crippen LogP contribution in [0.25, 0.3) is 6.08 Å². The van der Waals surface area contributed by atoms with Crippen LogP contribution in [0.3, 0.4) is 0 Å². The van der Waals surface area contributed by atoms with Gasteiger partial charge in [0.25, 0.3) is 0 Å². The normalized spacial score (nSPS) is 17.5. The van der Waals surface area contributed by atoms with E-state index < -0.39 is 0 Å². The molecule has 0 aromatic carbocycles. The molecular weight excluding hydrogens is 246 g/mol. The monoisotopic (exact) mass is 257 g/mol. The largest absolute Gasteiger partial charge is 0.316 e. The zero-order valence-electron chi connectivity index (χ0n) is 7.35. The van der Waals surface area contributed by atoms with Crippen molar-refractivity contribution in [1.82, 2.24) is 5.32 Å². The topological polar surface area (TPSA) is 12.0 Å². The van der Waals surface area contributed by atoms with Gasteiger partial charge in [0.1, 0.15) is 0 Å². The maximum Gasteiger partial charge on any atom is 0.0704 e. The van der Waals surface area contributed by atoms with E-state index in [2.05, 4.69) is 39.5 Å². The zero-order chi connectivity index (χ0) is 9.10. The van der Waals surface area contributed by atoms with Crippen molar-refractivity contribution in [2.24, 2.45) is 0 Å². The number of nitrogens with one attached hydrogen (secondary N) is 1. The fourth-order valence-corrected chi connectivity index (χ4v) is 2.92. The minimum atomic E-state index is 1.14. The van der Waals surface area contributed by atoms with Crippen molar-refractivity contribution in [2.45, 2.75) is 12.8 Å². The van der Waals surface area contributed by atoms with Crippen molar-refractivity contribution in [3.8, 4) is 0 Å². The first-order valence-corrected chi connectivity index (χ1v) is 6.11. The van der Waals surface area contributed by atoms with Crippen LogP contribution in [0.2, 0.25) is 0 Å². The molecule has 0 radical (unpaired) electrons. The van der Waals surface area contributed by atoms with E-state index in [9.17, 15) is 0 Å². The molecule has 0 atom stereocenters. The molecular formula is C10H12BrNS. The van der Waals surface area contributed by atoms with Gasteiger partial charge in [0.15, 0.2) is 0 Å². The SMILES string of the molecule is Brc1ccc(C=C2CCNCC2)s1. The van der Waals surface area contributed by atoms with E-state index in [4.69, 9.17) is 0 Å². The number of halogens is 1. The second kappa shape index (κ2) is 4.40. The summed E-state index contributed by atoms with van der Waals surface area (Å²) in [6.45, 7) is 2.27. The van der Waals surface area contributed by atoms with Crippen molar-refractivity contribution in [2.75, 3.05) is 13.1 Å². The molecule has 0 spiro atoms. The number of thiophene rings is 1. The molecule has 0 unspecified atom stereocenters. The fourth-order valence-electron chi connectivity index (χ4n) is 1.50. The summed E-state index contributed by atoms with van der Waals surface area (Å²) in [7, 11) is 0. The minimum Gasteiger partial charge on any atom is -0.316 e. The van der Waals surface area contributed by atoms with Crippen LogP contribution in [0.15, 0.2) is 21.5 Å². The quantitative estimate of drug-likeness (QED) is 0.815. The van der Waals surface area contributed by atoms with E-state index in [1.165, 1.54) is 21.5 Å². The van der Waals surface area contributed by atoms with Gasteiger partial charge in [-0.3, -0.25) is 0 Å². The molecule has 3 heteroatoms. The highest BCUT2D eigenvalue weighted by Crippen LogP contribution is 2.25. The predicted molar refractivity (Wildman–Crippen MR) is 62.1 cm³/mol. The van der Waals surface area contributed by atoms with Crippen LogP contribution in [-0.4, -0.2) is 13.1 Å². The second-order valence-electron chi connectivity index (χ2n) is 3.19. The van der Waals surface area contributed by atoms with Gasteiger partial charge in [0, 0.05) is 4.88 Å². The fraction of sp³-hybridized carbons (Fsp3) is 0.400. The van der Waals surface area contributed by atoms with E-state index in [-0.39, 0.29) is 0 Å². The second-order valence-corrected chi connectivity index (χ2v) is 5.69. The van der Waals surface area contributed by atoms with Crippen molar-refractivity contribution in [3.63, 3.8) is 0 Å². The Bertz CT molecular complexity index is 308. The van der Waals surface area contributed by atoms with Crippen LogP contribution in [0.1, 0.15) is 17.7 Å². The molecule has 1 aliphatic heterocycles. The lowest BCUT2D eigenvalue weighted by Gasteiger charge is -2.14. The third-order valence-corrected chi connectivity index (χ3v) is 3.76. The zero-order valence-corrected chi connectivity index (χ0v) is 9.75. The third kappa shape index (κ3) is 2.66. The van der Waals surface area contributed by atoms with E-state index in [0.29, 0.717) is 0 Å². The summed E-state index contributed by atoms with van der Waals surface area (Å²) < 4.78 is 1.22. The summed E-state index contributed by atoms with van der Waals surface area (Å²) in [5, 5.41) is 3.36. The highest BCUT2D eigenvalue weighted by molar-refractivity contribution is 9.11. The molecule has 70 valence electrons. The molecule has 1 aromatic heterocycles. The van der Waals surface area contributed by atoms with Crippen LogP contribution >= 0.6 is 27.3 Å². The van der Waals surface area contributed by atoms with Gasteiger partial charge in [-0.05, 0) is 60.1 Å². The predicted octanol–water partition coefficient (Wildman–Crippen LogP) is 3.28. The Morgan fingerprint density at radius 2 is 2.08 bits per heavy atom. The number of piperidine rings is 1. The van der Waals surface area contributed by atoms with E-state index in [1.807, 2.05) is 0 Å². The van der Waals surface area contributed by atoms with Crippen LogP contribution in [0.5, 0.6) is 0 Å². The Labute approximate surface area is 91.0 Å². The van der Waals surface area contributed by atoms with E-state index >= 15 is 0 Å². The third-order valence-electron chi connectivity index (χ3n) is 2.19. The van der Waals surface area contributed by atoms with Crippen LogP contribution in [0.4, 0.5) is 0 Å². The average Bonchev–Trinajstić information content (AvgIpc) is 2.53. The molecule has 0 amide bonds. The highest BCUT2D eigenvalue weighted by Gasteiger charge is 2.04. The summed E-state index contributed by atoms with van der Waals surface area (Å²) in [5.41, 5.74) is 1.58. The lowest BCUT2D eigenvalue weighted by molar-refractivity contribution is 0.613. The van der Waals surface area contributed by atoms with Crippen molar-refractivity contribution >= 4 is 33.3 Å². The molecule has 1 N–H and O–H groups in total. The molecule has 1 aliphatic rings. The van der Waals surface area contributed by atoms with E-state index in [0.717, 1.165) is 13.1 Å². The van der Waals surface area contributed by atoms with Crippen LogP contribution < -0.4 is 5.32 Å². The summed E-state index contributed by atoms with van der Waals surface area (Å²) in [6, 6.07) is 4.28. The Kier molecular flexibility index (Phi) is 3.19. The molecule has 1 saturated heterocycles. The van der Waals surface area contributed by atoms with Crippen molar-refractivity contribution in [1.29, 1.82) is 0 Å². The van der Waals surface area contributed by atoms with Gasteiger partial charge in [-0.1, -0.05) is 5.57 Å². The highest BCUT2D eigenvalue weighted by atomic mass is 79.9.